The molecule has 3 atom stereocenters. The Labute approximate surface area is 109 Å². The zero-order valence-corrected chi connectivity index (χ0v) is 11.9. The maximum Gasteiger partial charge on any atom is 0.0631 e. The Hall–Kier alpha value is -0.510. The molecule has 0 saturated heterocycles. The van der Waals surface area contributed by atoms with Crippen molar-refractivity contribution in [3.63, 3.8) is 0 Å². The molecule has 3 unspecified atom stereocenters. The van der Waals surface area contributed by atoms with E-state index in [9.17, 15) is 5.11 Å². The van der Waals surface area contributed by atoms with Gasteiger partial charge in [0.15, 0.2) is 0 Å². The number of aliphatic hydroxyl groups excluding tert-OH is 1. The molecule has 0 spiro atoms. The number of benzene rings is 1. The van der Waals surface area contributed by atoms with Crippen LogP contribution < -0.4 is 5.32 Å². The predicted octanol–water partition coefficient (Wildman–Crippen LogP) is 3.22. The first-order chi connectivity index (χ1) is 8.10. The first-order valence-corrected chi connectivity index (χ1v) is 7.09. The maximum absolute atomic E-state index is 9.59. The van der Waals surface area contributed by atoms with Crippen LogP contribution in [0.1, 0.15) is 38.8 Å². The van der Waals surface area contributed by atoms with E-state index < -0.39 is 0 Å². The quantitative estimate of drug-likeness (QED) is 0.764. The van der Waals surface area contributed by atoms with Crippen molar-refractivity contribution in [2.24, 2.45) is 0 Å². The molecule has 2 nitrogen and oxygen atoms in total. The normalized spacial score (nSPS) is 16.5. The molecule has 17 heavy (non-hydrogen) atoms. The van der Waals surface area contributed by atoms with Gasteiger partial charge in [-0.15, -0.1) is 11.8 Å². The van der Waals surface area contributed by atoms with E-state index in [4.69, 9.17) is 0 Å². The Morgan fingerprint density at radius 2 is 1.94 bits per heavy atom. The van der Waals surface area contributed by atoms with Crippen molar-refractivity contribution in [3.05, 3.63) is 29.8 Å². The number of aliphatic hydroxyl groups is 1. The van der Waals surface area contributed by atoms with E-state index >= 15 is 0 Å². The van der Waals surface area contributed by atoms with Crippen LogP contribution in [0.2, 0.25) is 0 Å². The zero-order valence-electron chi connectivity index (χ0n) is 11.1. The average Bonchev–Trinajstić information content (AvgIpc) is 2.32. The molecular formula is C14H23NOS. The molecular weight excluding hydrogens is 230 g/mol. The third kappa shape index (κ3) is 4.02. The van der Waals surface area contributed by atoms with E-state index in [0.717, 1.165) is 6.42 Å². The van der Waals surface area contributed by atoms with Gasteiger partial charge in [-0.3, -0.25) is 0 Å². The van der Waals surface area contributed by atoms with E-state index in [1.165, 1.54) is 10.5 Å². The van der Waals surface area contributed by atoms with Crippen molar-refractivity contribution in [1.29, 1.82) is 0 Å². The van der Waals surface area contributed by atoms with Gasteiger partial charge in [-0.05, 0) is 32.0 Å². The Bertz CT molecular complexity index is 337. The molecule has 0 amide bonds. The Balaban J connectivity index is 2.91. The van der Waals surface area contributed by atoms with E-state index in [0.29, 0.717) is 6.04 Å². The summed E-state index contributed by atoms with van der Waals surface area (Å²) in [5.41, 5.74) is 1.33. The first kappa shape index (κ1) is 14.6. The third-order valence-corrected chi connectivity index (χ3v) is 4.43. The molecule has 0 heterocycles. The molecule has 3 heteroatoms. The molecule has 2 N–H and O–H groups in total. The van der Waals surface area contributed by atoms with Crippen molar-refractivity contribution < 1.29 is 5.11 Å². The zero-order chi connectivity index (χ0) is 12.8. The van der Waals surface area contributed by atoms with Crippen LogP contribution in [-0.4, -0.2) is 23.5 Å². The van der Waals surface area contributed by atoms with Crippen molar-refractivity contribution >= 4 is 11.8 Å². The third-order valence-electron chi connectivity index (χ3n) is 3.04. The monoisotopic (exact) mass is 253 g/mol. The fourth-order valence-electron chi connectivity index (χ4n) is 1.75. The van der Waals surface area contributed by atoms with E-state index in [1.54, 1.807) is 11.8 Å². The summed E-state index contributed by atoms with van der Waals surface area (Å²) in [6.45, 7) is 6.09. The van der Waals surface area contributed by atoms with Crippen LogP contribution in [0, 0.1) is 0 Å². The molecule has 0 fully saturated rings. The second-order valence-electron chi connectivity index (χ2n) is 4.35. The molecule has 0 aliphatic rings. The van der Waals surface area contributed by atoms with Crippen LogP contribution in [-0.2, 0) is 0 Å². The lowest BCUT2D eigenvalue weighted by atomic mass is 10.1. The summed E-state index contributed by atoms with van der Waals surface area (Å²) < 4.78 is 0. The smallest absolute Gasteiger partial charge is 0.0631 e. The fourth-order valence-corrected chi connectivity index (χ4v) is 2.86. The van der Waals surface area contributed by atoms with Gasteiger partial charge >= 0.3 is 0 Å². The van der Waals surface area contributed by atoms with Gasteiger partial charge in [0, 0.05) is 16.2 Å². The molecule has 1 rings (SSSR count). The molecule has 0 aromatic heterocycles. The van der Waals surface area contributed by atoms with Crippen LogP contribution in [0.3, 0.4) is 0 Å². The lowest BCUT2D eigenvalue weighted by Gasteiger charge is -2.21. The summed E-state index contributed by atoms with van der Waals surface area (Å²) in [6.07, 6.45) is 0.777. The molecule has 0 aliphatic heterocycles. The van der Waals surface area contributed by atoms with Gasteiger partial charge in [-0.25, -0.2) is 0 Å². The van der Waals surface area contributed by atoms with E-state index in [1.807, 2.05) is 14.0 Å². The Morgan fingerprint density at radius 1 is 1.29 bits per heavy atom. The molecule has 0 bridgehead atoms. The van der Waals surface area contributed by atoms with Crippen molar-refractivity contribution in [1.82, 2.24) is 5.32 Å². The lowest BCUT2D eigenvalue weighted by molar-refractivity contribution is 0.196. The Morgan fingerprint density at radius 3 is 2.47 bits per heavy atom. The van der Waals surface area contributed by atoms with E-state index in [-0.39, 0.29) is 11.4 Å². The maximum atomic E-state index is 9.59. The molecule has 0 saturated carbocycles. The molecule has 96 valence electrons. The highest BCUT2D eigenvalue weighted by Gasteiger charge is 2.16. The summed E-state index contributed by atoms with van der Waals surface area (Å²) in [4.78, 5) is 1.27. The highest BCUT2D eigenvalue weighted by Crippen LogP contribution is 2.32. The van der Waals surface area contributed by atoms with Gasteiger partial charge in [0.2, 0.25) is 0 Å². The van der Waals surface area contributed by atoms with Gasteiger partial charge in [0.1, 0.15) is 0 Å². The lowest BCUT2D eigenvalue weighted by Crippen LogP contribution is -2.18. The van der Waals surface area contributed by atoms with Crippen LogP contribution in [0.4, 0.5) is 0 Å². The fraction of sp³-hybridized carbons (Fsp3) is 0.571. The second kappa shape index (κ2) is 7.04. The summed E-state index contributed by atoms with van der Waals surface area (Å²) in [6, 6.07) is 8.83. The number of nitrogens with one attached hydrogen (secondary N) is 1. The van der Waals surface area contributed by atoms with Crippen LogP contribution >= 0.6 is 11.8 Å². The van der Waals surface area contributed by atoms with Crippen molar-refractivity contribution in [2.45, 2.75) is 49.5 Å². The summed E-state index contributed by atoms with van der Waals surface area (Å²) in [7, 11) is 1.99. The van der Waals surface area contributed by atoms with Crippen molar-refractivity contribution in [2.75, 3.05) is 7.05 Å². The highest BCUT2D eigenvalue weighted by atomic mass is 32.2. The molecule has 1 aromatic carbocycles. The minimum Gasteiger partial charge on any atom is -0.392 e. The van der Waals surface area contributed by atoms with Gasteiger partial charge in [-0.2, -0.15) is 0 Å². The SMILES string of the molecule is CCC(NC)c1ccccc1SC(C)C(C)O. The summed E-state index contributed by atoms with van der Waals surface area (Å²) in [5, 5.41) is 13.1. The average molecular weight is 253 g/mol. The van der Waals surface area contributed by atoms with Crippen LogP contribution in [0.25, 0.3) is 0 Å². The Kier molecular flexibility index (Phi) is 6.03. The molecule has 1 aromatic rings. The van der Waals surface area contributed by atoms with Gasteiger partial charge in [-0.1, -0.05) is 32.0 Å². The van der Waals surface area contributed by atoms with Gasteiger partial charge < -0.3 is 10.4 Å². The van der Waals surface area contributed by atoms with Gasteiger partial charge in [0.25, 0.3) is 0 Å². The molecule has 0 aliphatic carbocycles. The standard InChI is InChI=1S/C14H23NOS/c1-5-13(15-4)12-8-6-7-9-14(12)17-11(3)10(2)16/h6-11,13,15-16H,5H2,1-4H3. The molecule has 0 radical (unpaired) electrons. The summed E-state index contributed by atoms with van der Waals surface area (Å²) in [5.74, 6) is 0. The van der Waals surface area contributed by atoms with Crippen LogP contribution in [0.5, 0.6) is 0 Å². The predicted molar refractivity (Wildman–Crippen MR) is 75.5 cm³/mol. The number of hydrogen-bond acceptors (Lipinski definition) is 3. The second-order valence-corrected chi connectivity index (χ2v) is 5.77. The minimum atomic E-state index is -0.289. The van der Waals surface area contributed by atoms with Gasteiger partial charge in [0.05, 0.1) is 6.10 Å². The topological polar surface area (TPSA) is 32.3 Å². The first-order valence-electron chi connectivity index (χ1n) is 6.21. The van der Waals surface area contributed by atoms with Crippen LogP contribution in [0.15, 0.2) is 29.2 Å². The minimum absolute atomic E-state index is 0.213. The number of rotatable bonds is 6. The number of thioether (sulfide) groups is 1. The van der Waals surface area contributed by atoms with Crippen molar-refractivity contribution in [3.8, 4) is 0 Å². The largest absolute Gasteiger partial charge is 0.392 e. The summed E-state index contributed by atoms with van der Waals surface area (Å²) >= 11 is 1.75. The van der Waals surface area contributed by atoms with E-state index in [2.05, 4.69) is 43.4 Å². The number of hydrogen-bond donors (Lipinski definition) is 2. The highest BCUT2D eigenvalue weighted by molar-refractivity contribution is 8.00.